The summed E-state index contributed by atoms with van der Waals surface area (Å²) in [5.74, 6) is -0.811. The molecule has 1 aromatic rings. The van der Waals surface area contributed by atoms with Gasteiger partial charge in [-0.2, -0.15) is 0 Å². The minimum atomic E-state index is -0.962. The molecule has 0 aliphatic heterocycles. The normalized spacial score (nSPS) is 19.6. The highest BCUT2D eigenvalue weighted by Gasteiger charge is 2.68. The lowest BCUT2D eigenvalue weighted by atomic mass is 10.0. The second-order valence-corrected chi connectivity index (χ2v) is 7.77. The molecule has 1 aromatic heterocycles. The van der Waals surface area contributed by atoms with E-state index in [1.165, 1.54) is 11.3 Å². The van der Waals surface area contributed by atoms with Crippen molar-refractivity contribution in [2.75, 3.05) is 0 Å². The van der Waals surface area contributed by atoms with E-state index in [9.17, 15) is 9.59 Å². The minimum Gasteiger partial charge on any atom is -0.478 e. The molecule has 2 N–H and O–H groups in total. The van der Waals surface area contributed by atoms with Crippen molar-refractivity contribution < 1.29 is 14.7 Å². The molecule has 0 bridgehead atoms. The molecule has 21 heavy (non-hydrogen) atoms. The predicted molar refractivity (Wildman–Crippen MR) is 83.9 cm³/mol. The van der Waals surface area contributed by atoms with E-state index < -0.39 is 5.97 Å². The Bertz CT molecular complexity index is 584. The van der Waals surface area contributed by atoms with Crippen LogP contribution < -0.4 is 5.32 Å². The van der Waals surface area contributed by atoms with Gasteiger partial charge in [-0.05, 0) is 29.0 Å². The summed E-state index contributed by atoms with van der Waals surface area (Å²) in [5.41, 5.74) is 0.0871. The Morgan fingerprint density at radius 2 is 1.90 bits per heavy atom. The first kappa shape index (κ1) is 15.8. The van der Waals surface area contributed by atoms with E-state index in [0.29, 0.717) is 6.54 Å². The number of aliphatic carboxylic acids is 1. The molecule has 0 unspecified atom stereocenters. The van der Waals surface area contributed by atoms with Gasteiger partial charge in [0.25, 0.3) is 0 Å². The van der Waals surface area contributed by atoms with Gasteiger partial charge >= 0.3 is 5.97 Å². The van der Waals surface area contributed by atoms with Crippen LogP contribution >= 0.6 is 11.3 Å². The van der Waals surface area contributed by atoms with Gasteiger partial charge in [-0.15, -0.1) is 11.3 Å². The third kappa shape index (κ3) is 3.02. The predicted octanol–water partition coefficient (Wildman–Crippen LogP) is 3.14. The number of carboxylic acid groups (broad SMARTS) is 1. The van der Waals surface area contributed by atoms with Gasteiger partial charge in [0.15, 0.2) is 0 Å². The molecule has 1 heterocycles. The van der Waals surface area contributed by atoms with E-state index in [-0.39, 0.29) is 22.7 Å². The number of carbonyl (C=O) groups excluding carboxylic acids is 1. The van der Waals surface area contributed by atoms with Crippen molar-refractivity contribution in [3.8, 4) is 0 Å². The van der Waals surface area contributed by atoms with E-state index in [1.54, 1.807) is 6.08 Å². The maximum atomic E-state index is 12.2. The van der Waals surface area contributed by atoms with Gasteiger partial charge < -0.3 is 10.4 Å². The van der Waals surface area contributed by atoms with Crippen LogP contribution in [-0.2, 0) is 16.1 Å². The molecule has 0 spiro atoms. The largest absolute Gasteiger partial charge is 0.478 e. The van der Waals surface area contributed by atoms with Crippen molar-refractivity contribution in [3.63, 3.8) is 0 Å². The minimum absolute atomic E-state index is 0.0436. The summed E-state index contributed by atoms with van der Waals surface area (Å²) >= 11 is 1.48. The summed E-state index contributed by atoms with van der Waals surface area (Å²) in [4.78, 5) is 24.6. The second kappa shape index (κ2) is 5.30. The average Bonchev–Trinajstić information content (AvgIpc) is 2.71. The van der Waals surface area contributed by atoms with Gasteiger partial charge in [-0.1, -0.05) is 27.7 Å². The van der Waals surface area contributed by atoms with Crippen LogP contribution in [0.4, 0.5) is 0 Å². The Balaban J connectivity index is 1.90. The Morgan fingerprint density at radius 3 is 2.43 bits per heavy atom. The Hall–Kier alpha value is -1.62. The molecule has 1 aliphatic rings. The highest BCUT2D eigenvalue weighted by atomic mass is 32.1. The molecular formula is C16H21NO3S. The third-order valence-corrected chi connectivity index (χ3v) is 5.84. The van der Waals surface area contributed by atoms with Crippen LogP contribution in [0.3, 0.4) is 0 Å². The second-order valence-electron chi connectivity index (χ2n) is 6.57. The van der Waals surface area contributed by atoms with Crippen molar-refractivity contribution in [3.05, 3.63) is 28.0 Å². The van der Waals surface area contributed by atoms with Gasteiger partial charge in [0.05, 0.1) is 6.54 Å². The molecule has 1 amide bonds. The maximum absolute atomic E-state index is 12.2. The molecule has 1 fully saturated rings. The standard InChI is InChI=1S/C16H21NO3S/c1-15(2)13(16(15,3)4)14(20)17-9-11-6-5-10(21-11)7-8-12(18)19/h5-8,13H,9H2,1-4H3,(H,17,20)(H,18,19). The number of carbonyl (C=O) groups is 2. The SMILES string of the molecule is CC1(C)C(C(=O)NCc2ccc(C=CC(=O)O)s2)C1(C)C. The zero-order chi connectivity index (χ0) is 15.8. The molecule has 0 saturated heterocycles. The number of thiophene rings is 1. The van der Waals surface area contributed by atoms with Crippen LogP contribution in [0, 0.1) is 16.7 Å². The molecule has 1 saturated carbocycles. The summed E-state index contributed by atoms with van der Waals surface area (Å²) in [5, 5.41) is 11.6. The van der Waals surface area contributed by atoms with Crippen molar-refractivity contribution in [1.29, 1.82) is 0 Å². The van der Waals surface area contributed by atoms with Gasteiger partial charge in [0.2, 0.25) is 5.91 Å². The monoisotopic (exact) mass is 307 g/mol. The first-order valence-corrected chi connectivity index (χ1v) is 7.75. The van der Waals surface area contributed by atoms with E-state index in [2.05, 4.69) is 33.0 Å². The number of amides is 1. The number of carboxylic acids is 1. The van der Waals surface area contributed by atoms with Gasteiger partial charge in [-0.3, -0.25) is 4.79 Å². The summed E-state index contributed by atoms with van der Waals surface area (Å²) in [6, 6.07) is 3.77. The summed E-state index contributed by atoms with van der Waals surface area (Å²) in [6.45, 7) is 8.98. The lowest BCUT2D eigenvalue weighted by molar-refractivity contribution is -0.131. The number of nitrogens with one attached hydrogen (secondary N) is 1. The van der Waals surface area contributed by atoms with Crippen LogP contribution in [0.1, 0.15) is 37.4 Å². The molecule has 2 rings (SSSR count). The fourth-order valence-corrected chi connectivity index (χ4v) is 3.72. The van der Waals surface area contributed by atoms with Crippen molar-refractivity contribution >= 4 is 29.3 Å². The van der Waals surface area contributed by atoms with Gasteiger partial charge in [0.1, 0.15) is 0 Å². The fraction of sp³-hybridized carbons (Fsp3) is 0.500. The molecule has 4 nitrogen and oxygen atoms in total. The van der Waals surface area contributed by atoms with Crippen LogP contribution in [0.5, 0.6) is 0 Å². The average molecular weight is 307 g/mol. The zero-order valence-corrected chi connectivity index (χ0v) is 13.6. The van der Waals surface area contributed by atoms with Gasteiger partial charge in [0, 0.05) is 21.7 Å². The van der Waals surface area contributed by atoms with E-state index in [4.69, 9.17) is 5.11 Å². The molecule has 0 atom stereocenters. The highest BCUT2D eigenvalue weighted by molar-refractivity contribution is 7.12. The van der Waals surface area contributed by atoms with E-state index in [1.807, 2.05) is 12.1 Å². The van der Waals surface area contributed by atoms with Crippen LogP contribution in [-0.4, -0.2) is 17.0 Å². The maximum Gasteiger partial charge on any atom is 0.328 e. The smallest absolute Gasteiger partial charge is 0.328 e. The molecular weight excluding hydrogens is 286 g/mol. The summed E-state index contributed by atoms with van der Waals surface area (Å²) in [7, 11) is 0. The quantitative estimate of drug-likeness (QED) is 0.821. The lowest BCUT2D eigenvalue weighted by Crippen LogP contribution is -2.26. The molecule has 0 aromatic carbocycles. The van der Waals surface area contributed by atoms with Crippen molar-refractivity contribution in [2.45, 2.75) is 34.2 Å². The molecule has 0 radical (unpaired) electrons. The van der Waals surface area contributed by atoms with Crippen LogP contribution in [0.2, 0.25) is 0 Å². The number of rotatable bonds is 5. The topological polar surface area (TPSA) is 66.4 Å². The summed E-state index contributed by atoms with van der Waals surface area (Å²) < 4.78 is 0. The van der Waals surface area contributed by atoms with E-state index in [0.717, 1.165) is 15.8 Å². The number of hydrogen-bond acceptors (Lipinski definition) is 3. The molecule has 114 valence electrons. The number of hydrogen-bond donors (Lipinski definition) is 2. The van der Waals surface area contributed by atoms with Crippen molar-refractivity contribution in [1.82, 2.24) is 5.32 Å². The lowest BCUT2D eigenvalue weighted by Gasteiger charge is -2.04. The molecule has 1 aliphatic carbocycles. The Morgan fingerprint density at radius 1 is 1.29 bits per heavy atom. The third-order valence-electron chi connectivity index (χ3n) is 4.79. The first-order chi connectivity index (χ1) is 9.66. The van der Waals surface area contributed by atoms with E-state index >= 15 is 0 Å². The van der Waals surface area contributed by atoms with Crippen LogP contribution in [0.15, 0.2) is 18.2 Å². The fourth-order valence-electron chi connectivity index (χ4n) is 2.86. The summed E-state index contributed by atoms with van der Waals surface area (Å²) in [6.07, 6.45) is 2.68. The van der Waals surface area contributed by atoms with Crippen molar-refractivity contribution in [2.24, 2.45) is 16.7 Å². The van der Waals surface area contributed by atoms with Crippen LogP contribution in [0.25, 0.3) is 6.08 Å². The first-order valence-electron chi connectivity index (χ1n) is 6.93. The highest BCUT2D eigenvalue weighted by Crippen LogP contribution is 2.68. The Kier molecular flexibility index (Phi) is 3.97. The zero-order valence-electron chi connectivity index (χ0n) is 12.8. The Labute approximate surface area is 128 Å². The van der Waals surface area contributed by atoms with Gasteiger partial charge in [-0.25, -0.2) is 4.79 Å². The molecule has 5 heteroatoms.